The van der Waals surface area contributed by atoms with Crippen LogP contribution in [0.15, 0.2) is 18.2 Å². The normalized spacial score (nSPS) is 13.4. The van der Waals surface area contributed by atoms with Crippen LogP contribution in [0, 0.1) is 11.7 Å². The number of ether oxygens (including phenoxy) is 1. The van der Waals surface area contributed by atoms with Gasteiger partial charge in [-0.1, -0.05) is 26.3 Å². The van der Waals surface area contributed by atoms with E-state index in [4.69, 9.17) is 0 Å². The van der Waals surface area contributed by atoms with Gasteiger partial charge in [-0.2, -0.15) is 13.2 Å². The lowest BCUT2D eigenvalue weighted by atomic mass is 9.98. The van der Waals surface area contributed by atoms with Crippen molar-refractivity contribution in [3.05, 3.63) is 29.6 Å². The molecule has 1 aromatic carbocycles. The van der Waals surface area contributed by atoms with Gasteiger partial charge in [0.2, 0.25) is 0 Å². The van der Waals surface area contributed by atoms with Crippen LogP contribution in [0.2, 0.25) is 0 Å². The Kier molecular flexibility index (Phi) is 4.99. The summed E-state index contributed by atoms with van der Waals surface area (Å²) in [6.07, 6.45) is -3.22. The molecule has 5 heteroatoms. The van der Waals surface area contributed by atoms with Crippen LogP contribution in [-0.4, -0.2) is 12.8 Å². The van der Waals surface area contributed by atoms with Crippen LogP contribution in [0.5, 0.6) is 5.75 Å². The van der Waals surface area contributed by atoms with Gasteiger partial charge in [0, 0.05) is 5.56 Å². The molecule has 0 aliphatic carbocycles. The zero-order valence-corrected chi connectivity index (χ0v) is 10.4. The van der Waals surface area contributed by atoms with E-state index < -0.39 is 18.6 Å². The zero-order valence-electron chi connectivity index (χ0n) is 10.4. The van der Waals surface area contributed by atoms with Gasteiger partial charge in [-0.05, 0) is 24.5 Å². The van der Waals surface area contributed by atoms with Gasteiger partial charge < -0.3 is 4.74 Å². The molecular weight excluding hydrogens is 248 g/mol. The van der Waals surface area contributed by atoms with E-state index in [0.717, 1.165) is 6.42 Å². The van der Waals surface area contributed by atoms with Crippen LogP contribution in [0.4, 0.5) is 17.6 Å². The van der Waals surface area contributed by atoms with E-state index in [1.54, 1.807) is 0 Å². The minimum atomic E-state index is -4.42. The van der Waals surface area contributed by atoms with Gasteiger partial charge in [-0.15, -0.1) is 0 Å². The molecule has 0 aromatic heterocycles. The number of hydrogen-bond donors (Lipinski definition) is 0. The van der Waals surface area contributed by atoms with Crippen LogP contribution >= 0.6 is 0 Å². The Labute approximate surface area is 104 Å². The highest BCUT2D eigenvalue weighted by molar-refractivity contribution is 5.35. The van der Waals surface area contributed by atoms with E-state index in [9.17, 15) is 17.6 Å². The Morgan fingerprint density at radius 1 is 1.28 bits per heavy atom. The number of halogens is 4. The highest BCUT2D eigenvalue weighted by Crippen LogP contribution is 2.27. The molecule has 102 valence electrons. The third kappa shape index (κ3) is 4.55. The average Bonchev–Trinajstić information content (AvgIpc) is 2.28. The summed E-state index contributed by atoms with van der Waals surface area (Å²) in [5.74, 6) is -0.349. The SMILES string of the molecule is CCC(C)Cc1c(F)cccc1OCC(F)(F)F. The fourth-order valence-electron chi connectivity index (χ4n) is 1.52. The van der Waals surface area contributed by atoms with Crippen molar-refractivity contribution in [3.63, 3.8) is 0 Å². The van der Waals surface area contributed by atoms with Crippen LogP contribution in [0.3, 0.4) is 0 Å². The number of benzene rings is 1. The molecule has 0 saturated heterocycles. The first-order valence-electron chi connectivity index (χ1n) is 5.80. The first-order valence-corrected chi connectivity index (χ1v) is 5.80. The molecule has 1 unspecified atom stereocenters. The molecule has 0 fully saturated rings. The molecule has 0 bridgehead atoms. The number of hydrogen-bond acceptors (Lipinski definition) is 1. The van der Waals surface area contributed by atoms with E-state index in [0.29, 0.717) is 6.42 Å². The van der Waals surface area contributed by atoms with Crippen molar-refractivity contribution >= 4 is 0 Å². The molecule has 1 nitrogen and oxygen atoms in total. The molecule has 18 heavy (non-hydrogen) atoms. The maximum Gasteiger partial charge on any atom is 0.422 e. The highest BCUT2D eigenvalue weighted by atomic mass is 19.4. The van der Waals surface area contributed by atoms with Crippen molar-refractivity contribution < 1.29 is 22.3 Å². The second-order valence-corrected chi connectivity index (χ2v) is 4.34. The Morgan fingerprint density at radius 2 is 1.94 bits per heavy atom. The Balaban J connectivity index is 2.86. The van der Waals surface area contributed by atoms with Crippen molar-refractivity contribution in [2.24, 2.45) is 5.92 Å². The first-order chi connectivity index (χ1) is 8.33. The number of rotatable bonds is 5. The van der Waals surface area contributed by atoms with Crippen molar-refractivity contribution in [2.45, 2.75) is 32.9 Å². The molecule has 0 radical (unpaired) electrons. The van der Waals surface area contributed by atoms with Crippen LogP contribution in [-0.2, 0) is 6.42 Å². The molecule has 1 rings (SSSR count). The van der Waals surface area contributed by atoms with Crippen molar-refractivity contribution in [2.75, 3.05) is 6.61 Å². The standard InChI is InChI=1S/C13H16F4O/c1-3-9(2)7-10-11(14)5-4-6-12(10)18-8-13(15,16)17/h4-6,9H,3,7-8H2,1-2H3. The monoisotopic (exact) mass is 264 g/mol. The summed E-state index contributed by atoms with van der Waals surface area (Å²) in [6, 6.07) is 3.95. The lowest BCUT2D eigenvalue weighted by Gasteiger charge is -2.16. The van der Waals surface area contributed by atoms with Gasteiger partial charge in [0.15, 0.2) is 6.61 Å². The second-order valence-electron chi connectivity index (χ2n) is 4.34. The summed E-state index contributed by atoms with van der Waals surface area (Å²) >= 11 is 0. The van der Waals surface area contributed by atoms with E-state index in [1.807, 2.05) is 13.8 Å². The fraction of sp³-hybridized carbons (Fsp3) is 0.538. The van der Waals surface area contributed by atoms with Crippen molar-refractivity contribution in [1.82, 2.24) is 0 Å². The predicted octanol–water partition coefficient (Wildman–Crippen LogP) is 4.36. The van der Waals surface area contributed by atoms with Crippen molar-refractivity contribution in [3.8, 4) is 5.75 Å². The van der Waals surface area contributed by atoms with E-state index in [1.165, 1.54) is 18.2 Å². The van der Waals surface area contributed by atoms with Crippen LogP contribution in [0.1, 0.15) is 25.8 Å². The third-order valence-corrected chi connectivity index (χ3v) is 2.72. The van der Waals surface area contributed by atoms with E-state index in [-0.39, 0.29) is 17.2 Å². The van der Waals surface area contributed by atoms with Gasteiger partial charge >= 0.3 is 6.18 Å². The van der Waals surface area contributed by atoms with E-state index >= 15 is 0 Å². The summed E-state index contributed by atoms with van der Waals surface area (Å²) in [5.41, 5.74) is 0.219. The highest BCUT2D eigenvalue weighted by Gasteiger charge is 2.29. The molecular formula is C13H16F4O. The largest absolute Gasteiger partial charge is 0.484 e. The molecule has 0 aliphatic heterocycles. The molecule has 0 aliphatic rings. The molecule has 0 N–H and O–H groups in total. The van der Waals surface area contributed by atoms with Crippen LogP contribution in [0.25, 0.3) is 0 Å². The average molecular weight is 264 g/mol. The topological polar surface area (TPSA) is 9.23 Å². The van der Waals surface area contributed by atoms with Gasteiger partial charge in [-0.25, -0.2) is 4.39 Å². The third-order valence-electron chi connectivity index (χ3n) is 2.72. The lowest BCUT2D eigenvalue weighted by molar-refractivity contribution is -0.153. The van der Waals surface area contributed by atoms with Crippen LogP contribution < -0.4 is 4.74 Å². The van der Waals surface area contributed by atoms with Gasteiger partial charge in [0.25, 0.3) is 0 Å². The fourth-order valence-corrected chi connectivity index (χ4v) is 1.52. The van der Waals surface area contributed by atoms with Gasteiger partial charge in [-0.3, -0.25) is 0 Å². The maximum atomic E-state index is 13.6. The number of alkyl halides is 3. The Hall–Kier alpha value is -1.26. The summed E-state index contributed by atoms with van der Waals surface area (Å²) in [4.78, 5) is 0. The summed E-state index contributed by atoms with van der Waals surface area (Å²) in [6.45, 7) is 2.46. The molecule has 1 atom stereocenters. The Morgan fingerprint density at radius 3 is 2.50 bits per heavy atom. The Bertz CT molecular complexity index is 387. The minimum absolute atomic E-state index is 0.0207. The van der Waals surface area contributed by atoms with Gasteiger partial charge in [0.1, 0.15) is 11.6 Å². The molecule has 0 amide bonds. The summed E-state index contributed by atoms with van der Waals surface area (Å²) < 4.78 is 54.5. The second kappa shape index (κ2) is 6.07. The van der Waals surface area contributed by atoms with E-state index in [2.05, 4.69) is 4.74 Å². The minimum Gasteiger partial charge on any atom is -0.484 e. The smallest absolute Gasteiger partial charge is 0.422 e. The summed E-state index contributed by atoms with van der Waals surface area (Å²) in [5, 5.41) is 0. The molecule has 0 heterocycles. The van der Waals surface area contributed by atoms with Gasteiger partial charge in [0.05, 0.1) is 0 Å². The molecule has 1 aromatic rings. The molecule has 0 saturated carbocycles. The molecule has 0 spiro atoms. The predicted molar refractivity (Wildman–Crippen MR) is 61.1 cm³/mol. The maximum absolute atomic E-state index is 13.6. The lowest BCUT2D eigenvalue weighted by Crippen LogP contribution is -2.20. The quantitative estimate of drug-likeness (QED) is 0.718. The zero-order chi connectivity index (χ0) is 13.8. The van der Waals surface area contributed by atoms with Crippen molar-refractivity contribution in [1.29, 1.82) is 0 Å². The first kappa shape index (κ1) is 14.8. The summed E-state index contributed by atoms with van der Waals surface area (Å²) in [7, 11) is 0.